The van der Waals surface area contributed by atoms with Gasteiger partial charge in [0.1, 0.15) is 0 Å². The molecule has 1 heterocycles. The van der Waals surface area contributed by atoms with Gasteiger partial charge >= 0.3 is 0 Å². The maximum Gasteiger partial charge on any atom is 0.0529 e. The van der Waals surface area contributed by atoms with Crippen molar-refractivity contribution in [1.82, 2.24) is 5.53 Å². The zero-order valence-electron chi connectivity index (χ0n) is 12.2. The van der Waals surface area contributed by atoms with Crippen LogP contribution in [0.25, 0.3) is 21.9 Å². The molecule has 4 nitrogen and oxygen atoms in total. The Morgan fingerprint density at radius 3 is 2.39 bits per heavy atom. The summed E-state index contributed by atoms with van der Waals surface area (Å²) in [5, 5.41) is 13.0. The average molecular weight is 347 g/mol. The maximum absolute atomic E-state index is 3.55. The van der Waals surface area contributed by atoms with E-state index in [1.165, 1.54) is 21.9 Å². The number of nitrogens with zero attached hydrogens (tertiary/aromatic N) is 3. The fourth-order valence-corrected chi connectivity index (χ4v) is 2.21. The molecule has 0 saturated carbocycles. The molecular formula is C17H16Cl2N4. The summed E-state index contributed by atoms with van der Waals surface area (Å²) in [7, 11) is 0. The summed E-state index contributed by atoms with van der Waals surface area (Å²) in [6.45, 7) is 0. The highest BCUT2D eigenvalue weighted by Crippen LogP contribution is 2.29. The van der Waals surface area contributed by atoms with Gasteiger partial charge in [0.25, 0.3) is 0 Å². The number of rotatable bonds is 0. The largest absolute Gasteiger partial charge is 0.179 e. The lowest BCUT2D eigenvalue weighted by Gasteiger charge is -1.96. The summed E-state index contributed by atoms with van der Waals surface area (Å²) in [5.74, 6) is 0. The van der Waals surface area contributed by atoms with Crippen LogP contribution in [0.15, 0.2) is 88.4 Å². The number of nitrogens with one attached hydrogen (secondary N) is 1. The Labute approximate surface area is 147 Å². The molecule has 23 heavy (non-hydrogen) atoms. The summed E-state index contributed by atoms with van der Waals surface area (Å²) >= 11 is 0. The predicted molar refractivity (Wildman–Crippen MR) is 101 cm³/mol. The molecule has 0 bridgehead atoms. The number of hydrogen-bond acceptors (Lipinski definition) is 4. The van der Waals surface area contributed by atoms with Crippen molar-refractivity contribution < 1.29 is 0 Å². The first-order valence-electron chi connectivity index (χ1n) is 6.65. The molecule has 1 aliphatic heterocycles. The molecule has 118 valence electrons. The molecular weight excluding hydrogens is 331 g/mol. The number of hydrazone groups is 1. The second kappa shape index (κ2) is 9.56. The maximum atomic E-state index is 3.55. The van der Waals surface area contributed by atoms with Crippen molar-refractivity contribution >= 4 is 41.8 Å². The molecule has 3 aliphatic rings. The highest BCUT2D eigenvalue weighted by atomic mass is 35.5. The summed E-state index contributed by atoms with van der Waals surface area (Å²) in [4.78, 5) is 0. The molecule has 0 aromatic heterocycles. The molecule has 6 heteroatoms. The van der Waals surface area contributed by atoms with E-state index in [0.717, 1.165) is 0 Å². The van der Waals surface area contributed by atoms with Gasteiger partial charge in [0.2, 0.25) is 0 Å². The topological polar surface area (TPSA) is 49.1 Å². The molecule has 1 aromatic carbocycles. The monoisotopic (exact) mass is 346 g/mol. The number of hydrogen-bond donors (Lipinski definition) is 1. The van der Waals surface area contributed by atoms with Crippen LogP contribution >= 0.6 is 24.8 Å². The van der Waals surface area contributed by atoms with Crippen LogP contribution in [-0.4, -0.2) is 6.21 Å². The predicted octanol–water partition coefficient (Wildman–Crippen LogP) is 5.24. The van der Waals surface area contributed by atoms with E-state index in [-0.39, 0.29) is 24.8 Å². The van der Waals surface area contributed by atoms with Gasteiger partial charge < -0.3 is 0 Å². The molecule has 0 saturated heterocycles. The van der Waals surface area contributed by atoms with Gasteiger partial charge in [0.05, 0.1) is 12.4 Å². The number of benzene rings is 1. The third-order valence-corrected chi connectivity index (χ3v) is 3.13. The molecule has 0 radical (unpaired) electrons. The van der Waals surface area contributed by atoms with Gasteiger partial charge in [-0.3, -0.25) is 0 Å². The van der Waals surface area contributed by atoms with Gasteiger partial charge in [-0.1, -0.05) is 65.9 Å². The Kier molecular flexibility index (Phi) is 7.74. The van der Waals surface area contributed by atoms with Crippen molar-refractivity contribution in [1.29, 1.82) is 0 Å². The molecule has 1 aromatic rings. The SMILES string of the molecule is C1=CN=NNN=C1.Cl.Cl.c1cc2cccc3ccccc3c-2c1. The lowest BCUT2D eigenvalue weighted by atomic mass is 10.1. The normalized spacial score (nSPS) is 11.5. The van der Waals surface area contributed by atoms with Crippen LogP contribution in [0.1, 0.15) is 0 Å². The van der Waals surface area contributed by atoms with Crippen LogP contribution in [0.3, 0.4) is 0 Å². The van der Waals surface area contributed by atoms with Crippen LogP contribution in [0.2, 0.25) is 0 Å². The van der Waals surface area contributed by atoms with Crippen molar-refractivity contribution in [3.05, 3.63) is 72.9 Å². The lowest BCUT2D eigenvalue weighted by molar-refractivity contribution is 0.756. The van der Waals surface area contributed by atoms with E-state index in [2.05, 4.69) is 81.6 Å². The van der Waals surface area contributed by atoms with Crippen LogP contribution < -0.4 is 5.53 Å². The smallest absolute Gasteiger partial charge is 0.0529 e. The van der Waals surface area contributed by atoms with E-state index in [0.29, 0.717) is 0 Å². The molecule has 0 fully saturated rings. The van der Waals surface area contributed by atoms with Crippen LogP contribution in [-0.2, 0) is 0 Å². The zero-order chi connectivity index (χ0) is 14.3. The zero-order valence-corrected chi connectivity index (χ0v) is 13.8. The Morgan fingerprint density at radius 1 is 0.783 bits per heavy atom. The second-order valence-electron chi connectivity index (χ2n) is 4.44. The third-order valence-electron chi connectivity index (χ3n) is 3.13. The molecule has 0 spiro atoms. The Morgan fingerprint density at radius 2 is 1.52 bits per heavy atom. The summed E-state index contributed by atoms with van der Waals surface area (Å²) in [5.41, 5.74) is 4.96. The van der Waals surface area contributed by atoms with Crippen molar-refractivity contribution in [2.75, 3.05) is 0 Å². The van der Waals surface area contributed by atoms with Crippen molar-refractivity contribution in [2.45, 2.75) is 0 Å². The van der Waals surface area contributed by atoms with E-state index >= 15 is 0 Å². The van der Waals surface area contributed by atoms with E-state index < -0.39 is 0 Å². The summed E-state index contributed by atoms with van der Waals surface area (Å²) < 4.78 is 0. The van der Waals surface area contributed by atoms with E-state index in [1.54, 1.807) is 18.5 Å². The molecule has 0 amide bonds. The highest BCUT2D eigenvalue weighted by molar-refractivity contribution is 5.96. The number of halogens is 2. The first kappa shape index (κ1) is 18.6. The number of allylic oxidation sites excluding steroid dienone is 1. The van der Waals surface area contributed by atoms with Crippen molar-refractivity contribution in [2.24, 2.45) is 15.4 Å². The fraction of sp³-hybridized carbons (Fsp3) is 0. The quantitative estimate of drug-likeness (QED) is 0.594. The van der Waals surface area contributed by atoms with Gasteiger partial charge in [-0.2, -0.15) is 10.6 Å². The third kappa shape index (κ3) is 4.77. The van der Waals surface area contributed by atoms with Crippen LogP contribution in [0, 0.1) is 0 Å². The van der Waals surface area contributed by atoms with Crippen molar-refractivity contribution in [3.8, 4) is 11.1 Å². The minimum Gasteiger partial charge on any atom is -0.179 e. The standard InChI is InChI=1S/C14H10.C3H4N4.2ClH/c1-2-9-13-11(5-1)6-3-7-12-8-4-10-14(12)13;1-2-4-6-7-5-3-1;;/h1-10H;1-3H,(H,4,7);2*1H. The van der Waals surface area contributed by atoms with Gasteiger partial charge in [-0.25, -0.2) is 0 Å². The van der Waals surface area contributed by atoms with Crippen molar-refractivity contribution in [3.63, 3.8) is 0 Å². The summed E-state index contributed by atoms with van der Waals surface area (Å²) in [6.07, 6.45) is 4.80. The molecule has 2 aliphatic carbocycles. The first-order valence-corrected chi connectivity index (χ1v) is 6.65. The van der Waals surface area contributed by atoms with E-state index in [4.69, 9.17) is 0 Å². The Bertz CT molecular complexity index is 785. The Hall–Kier alpha value is -2.43. The molecule has 4 rings (SSSR count). The molecule has 0 atom stereocenters. The fourth-order valence-electron chi connectivity index (χ4n) is 2.21. The van der Waals surface area contributed by atoms with Gasteiger partial charge in [-0.15, -0.1) is 29.9 Å². The first-order chi connectivity index (χ1) is 10.4. The van der Waals surface area contributed by atoms with Gasteiger partial charge in [0, 0.05) is 0 Å². The van der Waals surface area contributed by atoms with Crippen LogP contribution in [0.5, 0.6) is 0 Å². The summed E-state index contributed by atoms with van der Waals surface area (Å²) in [6, 6.07) is 21.4. The Balaban J connectivity index is 0.000000255. The van der Waals surface area contributed by atoms with Crippen LogP contribution in [0.4, 0.5) is 0 Å². The second-order valence-corrected chi connectivity index (χ2v) is 4.44. The van der Waals surface area contributed by atoms with E-state index in [9.17, 15) is 0 Å². The molecule has 0 unspecified atom stereocenters. The minimum atomic E-state index is 0. The average Bonchev–Trinajstić information content (AvgIpc) is 2.74. The van der Waals surface area contributed by atoms with E-state index in [1.807, 2.05) is 0 Å². The van der Waals surface area contributed by atoms with Gasteiger partial charge in [0.15, 0.2) is 0 Å². The molecule has 1 N–H and O–H groups in total. The number of fused-ring (bicyclic) bond motifs is 3. The minimum absolute atomic E-state index is 0. The highest BCUT2D eigenvalue weighted by Gasteiger charge is 2.03. The lowest BCUT2D eigenvalue weighted by Crippen LogP contribution is -1.88. The van der Waals surface area contributed by atoms with Gasteiger partial charge in [-0.05, 0) is 28.0 Å².